The summed E-state index contributed by atoms with van der Waals surface area (Å²) in [7, 11) is 0. The fraction of sp³-hybridized carbons (Fsp3) is 0.857. The van der Waals surface area contributed by atoms with E-state index in [1.807, 2.05) is 0 Å². The Kier molecular flexibility index (Phi) is 2.71. The number of rotatable bonds is 2. The lowest BCUT2D eigenvalue weighted by molar-refractivity contribution is -0.0650. The normalized spacial score (nSPS) is 41.6. The van der Waals surface area contributed by atoms with Crippen LogP contribution in [0.4, 0.5) is 0 Å². The monoisotopic (exact) mass is 217 g/mol. The summed E-state index contributed by atoms with van der Waals surface area (Å²) in [5, 5.41) is 12.9. The second kappa shape index (κ2) is 3.84. The number of nitrogens with zero attached hydrogens (tertiary/aromatic N) is 2. The van der Waals surface area contributed by atoms with Crippen LogP contribution in [0.3, 0.4) is 0 Å². The lowest BCUT2D eigenvalue weighted by Gasteiger charge is -2.32. The second-order valence-corrected chi connectivity index (χ2v) is 4.44. The Morgan fingerprint density at radius 3 is 3.29 bits per heavy atom. The molecule has 1 saturated heterocycles. The molecule has 0 radical (unpaired) electrons. The van der Waals surface area contributed by atoms with Crippen molar-refractivity contribution in [1.29, 1.82) is 0 Å². The first kappa shape index (κ1) is 9.88. The van der Waals surface area contributed by atoms with Gasteiger partial charge >= 0.3 is 0 Å². The lowest BCUT2D eigenvalue weighted by atomic mass is 10.0. The number of ether oxygens (including phenoxy) is 1. The summed E-state index contributed by atoms with van der Waals surface area (Å²) >= 11 is 1.28. The Bertz CT molecular complexity index is 273. The maximum absolute atomic E-state index is 10.1. The van der Waals surface area contributed by atoms with Crippen LogP contribution in [0.1, 0.15) is 6.42 Å². The van der Waals surface area contributed by atoms with E-state index in [9.17, 15) is 10.0 Å². The van der Waals surface area contributed by atoms with E-state index in [-0.39, 0.29) is 24.1 Å². The van der Waals surface area contributed by atoms with Crippen molar-refractivity contribution in [2.45, 2.75) is 30.1 Å². The molecule has 1 fully saturated rings. The maximum Gasteiger partial charge on any atom is 0.157 e. The molecule has 2 rings (SSSR count). The minimum atomic E-state index is -0.589. The molecule has 0 bridgehead atoms. The Morgan fingerprint density at radius 1 is 1.79 bits per heavy atom. The lowest BCUT2D eigenvalue weighted by Crippen LogP contribution is -2.44. The van der Waals surface area contributed by atoms with Gasteiger partial charge in [-0.1, -0.05) is 16.9 Å². The zero-order valence-electron chi connectivity index (χ0n) is 7.37. The molecular weight excluding hydrogens is 206 g/mol. The number of nitroso groups, excluding NO2 is 1. The smallest absolute Gasteiger partial charge is 0.157 e. The first-order valence-electron chi connectivity index (χ1n) is 4.33. The highest BCUT2D eigenvalue weighted by molar-refractivity contribution is 8.14. The van der Waals surface area contributed by atoms with Crippen LogP contribution in [0.25, 0.3) is 0 Å². The molecule has 6 nitrogen and oxygen atoms in total. The van der Waals surface area contributed by atoms with Gasteiger partial charge in [-0.3, -0.25) is 4.99 Å². The van der Waals surface area contributed by atoms with E-state index in [0.29, 0.717) is 11.6 Å². The number of aliphatic hydroxyl groups excluding tert-OH is 1. The number of amidine groups is 1. The zero-order chi connectivity index (χ0) is 10.1. The number of aliphatic imine (C=N–C) groups is 1. The fourth-order valence-corrected chi connectivity index (χ4v) is 2.67. The molecule has 2 aliphatic heterocycles. The topological polar surface area (TPSA) is 97.3 Å². The van der Waals surface area contributed by atoms with Gasteiger partial charge in [-0.2, -0.15) is 4.91 Å². The summed E-state index contributed by atoms with van der Waals surface area (Å²) in [4.78, 5) is 14.1. The highest BCUT2D eigenvalue weighted by Gasteiger charge is 2.42. The van der Waals surface area contributed by atoms with Crippen LogP contribution in [0, 0.1) is 4.91 Å². The van der Waals surface area contributed by atoms with Crippen molar-refractivity contribution in [1.82, 2.24) is 0 Å². The SMILES string of the molecule is NC1=NC2C(O)CC(CN=O)OC2S1. The molecule has 2 heterocycles. The number of aliphatic hydroxyl groups is 1. The van der Waals surface area contributed by atoms with Crippen molar-refractivity contribution < 1.29 is 9.84 Å². The van der Waals surface area contributed by atoms with E-state index in [0.717, 1.165) is 0 Å². The molecule has 14 heavy (non-hydrogen) atoms. The summed E-state index contributed by atoms with van der Waals surface area (Å²) < 4.78 is 5.51. The van der Waals surface area contributed by atoms with Gasteiger partial charge < -0.3 is 15.6 Å². The van der Waals surface area contributed by atoms with Gasteiger partial charge in [0.05, 0.1) is 12.2 Å². The summed E-state index contributed by atoms with van der Waals surface area (Å²) in [6.07, 6.45) is -0.504. The summed E-state index contributed by atoms with van der Waals surface area (Å²) in [5.74, 6) is 0. The van der Waals surface area contributed by atoms with Gasteiger partial charge in [0.25, 0.3) is 0 Å². The van der Waals surface area contributed by atoms with E-state index in [2.05, 4.69) is 10.2 Å². The molecule has 0 aromatic heterocycles. The first-order chi connectivity index (χ1) is 6.70. The van der Waals surface area contributed by atoms with Crippen molar-refractivity contribution >= 4 is 16.9 Å². The standard InChI is InChI=1S/C7H11N3O3S/c8-7-10-5-4(11)1-3(2-9-12)13-6(5)14-7/h3-6,11H,1-2H2,(H2,8,10). The quantitative estimate of drug-likeness (QED) is 0.617. The summed E-state index contributed by atoms with van der Waals surface area (Å²) in [6.45, 7) is 0.0702. The van der Waals surface area contributed by atoms with Gasteiger partial charge in [0.2, 0.25) is 0 Å². The molecule has 0 aliphatic carbocycles. The average molecular weight is 217 g/mol. The van der Waals surface area contributed by atoms with Crippen LogP contribution in [-0.2, 0) is 4.74 Å². The maximum atomic E-state index is 10.1. The summed E-state index contributed by atoms with van der Waals surface area (Å²) in [5.41, 5.74) is 5.25. The number of thioether (sulfide) groups is 1. The number of hydrogen-bond acceptors (Lipinski definition) is 7. The highest BCUT2D eigenvalue weighted by Crippen LogP contribution is 2.34. The van der Waals surface area contributed by atoms with E-state index < -0.39 is 6.10 Å². The molecule has 0 aromatic rings. The molecule has 7 heteroatoms. The van der Waals surface area contributed by atoms with Crippen molar-refractivity contribution in [3.8, 4) is 0 Å². The van der Waals surface area contributed by atoms with Gasteiger partial charge in [0, 0.05) is 6.42 Å². The van der Waals surface area contributed by atoms with Gasteiger partial charge in [0.1, 0.15) is 18.0 Å². The second-order valence-electron chi connectivity index (χ2n) is 3.32. The molecule has 0 aromatic carbocycles. The molecule has 4 atom stereocenters. The summed E-state index contributed by atoms with van der Waals surface area (Å²) in [6, 6.07) is -0.289. The van der Waals surface area contributed by atoms with Crippen molar-refractivity contribution in [3.05, 3.63) is 4.91 Å². The molecule has 0 spiro atoms. The van der Waals surface area contributed by atoms with Gasteiger partial charge in [-0.05, 0) is 0 Å². The third-order valence-corrected chi connectivity index (χ3v) is 3.26. The van der Waals surface area contributed by atoms with E-state index in [1.165, 1.54) is 11.8 Å². The van der Waals surface area contributed by atoms with Crippen molar-refractivity contribution in [2.75, 3.05) is 6.54 Å². The van der Waals surface area contributed by atoms with Gasteiger partial charge in [-0.25, -0.2) is 0 Å². The van der Waals surface area contributed by atoms with Gasteiger partial charge in [0.15, 0.2) is 5.17 Å². The predicted octanol–water partition coefficient (Wildman–Crippen LogP) is -0.341. The van der Waals surface area contributed by atoms with E-state index in [1.54, 1.807) is 0 Å². The van der Waals surface area contributed by atoms with Crippen LogP contribution in [0.2, 0.25) is 0 Å². The molecule has 0 amide bonds. The number of nitrogens with two attached hydrogens (primary N) is 1. The Balaban J connectivity index is 2.02. The highest BCUT2D eigenvalue weighted by atomic mass is 32.2. The molecule has 0 saturated carbocycles. The third-order valence-electron chi connectivity index (χ3n) is 2.30. The Labute approximate surface area is 84.9 Å². The number of hydrogen-bond donors (Lipinski definition) is 2. The predicted molar refractivity (Wildman–Crippen MR) is 52.9 cm³/mol. The largest absolute Gasteiger partial charge is 0.391 e. The molecule has 4 unspecified atom stereocenters. The minimum absolute atomic E-state index is 0.0702. The third kappa shape index (κ3) is 1.75. The Hall–Kier alpha value is -0.660. The van der Waals surface area contributed by atoms with Crippen LogP contribution >= 0.6 is 11.8 Å². The number of fused-ring (bicyclic) bond motifs is 1. The average Bonchev–Trinajstić information content (AvgIpc) is 2.47. The molecule has 78 valence electrons. The first-order valence-corrected chi connectivity index (χ1v) is 5.21. The molecule has 3 N–H and O–H groups in total. The van der Waals surface area contributed by atoms with Crippen LogP contribution in [0.5, 0.6) is 0 Å². The minimum Gasteiger partial charge on any atom is -0.391 e. The van der Waals surface area contributed by atoms with Crippen molar-refractivity contribution in [3.63, 3.8) is 0 Å². The van der Waals surface area contributed by atoms with Crippen LogP contribution in [0.15, 0.2) is 10.2 Å². The van der Waals surface area contributed by atoms with Crippen molar-refractivity contribution in [2.24, 2.45) is 15.9 Å². The zero-order valence-corrected chi connectivity index (χ0v) is 8.18. The van der Waals surface area contributed by atoms with E-state index >= 15 is 0 Å². The van der Waals surface area contributed by atoms with E-state index in [4.69, 9.17) is 10.5 Å². The van der Waals surface area contributed by atoms with Crippen LogP contribution in [-0.4, -0.2) is 40.5 Å². The fourth-order valence-electron chi connectivity index (χ4n) is 1.66. The van der Waals surface area contributed by atoms with Gasteiger partial charge in [-0.15, -0.1) is 0 Å². The Morgan fingerprint density at radius 2 is 2.57 bits per heavy atom. The molecular formula is C7H11N3O3S. The van der Waals surface area contributed by atoms with Crippen LogP contribution < -0.4 is 5.73 Å². The molecule has 2 aliphatic rings.